The molecule has 0 saturated carbocycles. The Balaban J connectivity index is 1.06. The van der Waals surface area contributed by atoms with Crippen LogP contribution in [0.3, 0.4) is 0 Å². The lowest BCUT2D eigenvalue weighted by atomic mass is 9.89. The van der Waals surface area contributed by atoms with Crippen LogP contribution in [0.5, 0.6) is 0 Å². The van der Waals surface area contributed by atoms with Crippen molar-refractivity contribution in [2.24, 2.45) is 0 Å². The van der Waals surface area contributed by atoms with Gasteiger partial charge in [0.1, 0.15) is 0 Å². The van der Waals surface area contributed by atoms with Gasteiger partial charge in [0.05, 0.1) is 0 Å². The fourth-order valence-electron chi connectivity index (χ4n) is 8.86. The summed E-state index contributed by atoms with van der Waals surface area (Å²) >= 11 is 1.79. The lowest BCUT2D eigenvalue weighted by Crippen LogP contribution is -2.01. The Labute approximate surface area is 344 Å². The second-order valence-electron chi connectivity index (χ2n) is 15.1. The summed E-state index contributed by atoms with van der Waals surface area (Å²) < 4.78 is 2.42. The predicted molar refractivity (Wildman–Crippen MR) is 250 cm³/mol. The van der Waals surface area contributed by atoms with Crippen LogP contribution in [-0.4, -0.2) is 15.0 Å². The van der Waals surface area contributed by atoms with E-state index < -0.39 is 0 Å². The maximum absolute atomic E-state index is 5.34. The van der Waals surface area contributed by atoms with Crippen molar-refractivity contribution in [3.63, 3.8) is 0 Å². The number of fused-ring (bicyclic) bond motifs is 8. The predicted octanol–water partition coefficient (Wildman–Crippen LogP) is 15.2. The summed E-state index contributed by atoms with van der Waals surface area (Å²) in [6.07, 6.45) is 0. The van der Waals surface area contributed by atoms with Gasteiger partial charge in [-0.05, 0) is 95.7 Å². The number of benzene rings is 10. The van der Waals surface area contributed by atoms with Gasteiger partial charge < -0.3 is 0 Å². The largest absolute Gasteiger partial charge is 0.208 e. The molecule has 0 bridgehead atoms. The molecule has 0 spiro atoms. The van der Waals surface area contributed by atoms with Gasteiger partial charge in [0.2, 0.25) is 0 Å². The minimum Gasteiger partial charge on any atom is -0.208 e. The first kappa shape index (κ1) is 33.6. The quantitative estimate of drug-likeness (QED) is 0.164. The van der Waals surface area contributed by atoms with E-state index in [4.69, 9.17) is 15.0 Å². The minimum absolute atomic E-state index is 0.641. The molecule has 10 aromatic carbocycles. The Hall–Kier alpha value is -7.53. The first-order valence-corrected chi connectivity index (χ1v) is 20.7. The van der Waals surface area contributed by atoms with E-state index in [2.05, 4.69) is 200 Å². The second kappa shape index (κ2) is 13.6. The van der Waals surface area contributed by atoms with Crippen LogP contribution < -0.4 is 0 Å². The molecule has 3 nitrogen and oxygen atoms in total. The molecule has 274 valence electrons. The molecule has 12 aromatic rings. The van der Waals surface area contributed by atoms with Gasteiger partial charge in [-0.15, -0.1) is 11.3 Å². The number of rotatable bonds is 5. The maximum Gasteiger partial charge on any atom is 0.165 e. The third-order valence-corrected chi connectivity index (χ3v) is 12.9. The summed E-state index contributed by atoms with van der Waals surface area (Å²) in [5.74, 6) is 1.95. The molecule has 0 unspecified atom stereocenters. The van der Waals surface area contributed by atoms with E-state index in [9.17, 15) is 0 Å². The van der Waals surface area contributed by atoms with Gasteiger partial charge in [0, 0.05) is 36.9 Å². The Kier molecular flexibility index (Phi) is 7.72. The van der Waals surface area contributed by atoms with Gasteiger partial charge in [-0.1, -0.05) is 170 Å². The highest BCUT2D eigenvalue weighted by Gasteiger charge is 2.20. The number of aromatic nitrogens is 3. The molecule has 0 saturated heterocycles. The number of nitrogens with zero attached hydrogens (tertiary/aromatic N) is 3. The summed E-state index contributed by atoms with van der Waals surface area (Å²) in [5.41, 5.74) is 7.62. The molecule has 0 atom stereocenters. The number of thiophene rings is 1. The Morgan fingerprint density at radius 2 is 0.814 bits per heavy atom. The number of hydrogen-bond acceptors (Lipinski definition) is 4. The Morgan fingerprint density at radius 3 is 1.61 bits per heavy atom. The molecular formula is C55H33N3S. The van der Waals surface area contributed by atoms with E-state index in [1.54, 1.807) is 11.3 Å². The number of hydrogen-bond donors (Lipinski definition) is 0. The summed E-state index contributed by atoms with van der Waals surface area (Å²) in [5, 5.41) is 12.1. The summed E-state index contributed by atoms with van der Waals surface area (Å²) in [6, 6.07) is 71.7. The zero-order valence-corrected chi connectivity index (χ0v) is 32.6. The molecule has 4 heteroatoms. The normalized spacial score (nSPS) is 11.7. The van der Waals surface area contributed by atoms with Crippen molar-refractivity contribution in [2.75, 3.05) is 0 Å². The van der Waals surface area contributed by atoms with Crippen molar-refractivity contribution in [3.8, 4) is 56.4 Å². The van der Waals surface area contributed by atoms with E-state index in [0.29, 0.717) is 17.5 Å². The van der Waals surface area contributed by atoms with Gasteiger partial charge in [-0.2, -0.15) is 0 Å². The molecule has 0 aliphatic rings. The van der Waals surface area contributed by atoms with Crippen molar-refractivity contribution in [1.29, 1.82) is 0 Å². The van der Waals surface area contributed by atoms with Gasteiger partial charge in [-0.25, -0.2) is 15.0 Å². The van der Waals surface area contributed by atoms with Crippen molar-refractivity contribution in [1.82, 2.24) is 15.0 Å². The molecule has 59 heavy (non-hydrogen) atoms. The van der Waals surface area contributed by atoms with Crippen LogP contribution in [0.1, 0.15) is 0 Å². The molecule has 12 rings (SSSR count). The van der Waals surface area contributed by atoms with Gasteiger partial charge in [0.15, 0.2) is 17.5 Å². The second-order valence-corrected chi connectivity index (χ2v) is 16.2. The average Bonchev–Trinajstić information content (AvgIpc) is 3.70. The minimum atomic E-state index is 0.641. The van der Waals surface area contributed by atoms with E-state index in [-0.39, 0.29) is 0 Å². The molecule has 0 aliphatic carbocycles. The Morgan fingerprint density at radius 1 is 0.271 bits per heavy atom. The van der Waals surface area contributed by atoms with Gasteiger partial charge in [-0.3, -0.25) is 0 Å². The van der Waals surface area contributed by atoms with Crippen molar-refractivity contribution < 1.29 is 0 Å². The van der Waals surface area contributed by atoms with Crippen LogP contribution in [0.25, 0.3) is 120 Å². The zero-order chi connectivity index (χ0) is 38.9. The first-order chi connectivity index (χ1) is 29.2. The lowest BCUT2D eigenvalue weighted by Gasteiger charge is -2.16. The fourth-order valence-corrected chi connectivity index (χ4v) is 10.1. The maximum atomic E-state index is 5.34. The molecule has 0 radical (unpaired) electrons. The molecule has 0 aliphatic heterocycles. The molecule has 0 fully saturated rings. The van der Waals surface area contributed by atoms with Crippen LogP contribution in [0, 0.1) is 0 Å². The van der Waals surface area contributed by atoms with Gasteiger partial charge in [0.25, 0.3) is 0 Å². The van der Waals surface area contributed by atoms with Gasteiger partial charge >= 0.3 is 0 Å². The highest BCUT2D eigenvalue weighted by atomic mass is 32.1. The highest BCUT2D eigenvalue weighted by molar-refractivity contribution is 7.26. The third-order valence-electron chi connectivity index (χ3n) is 11.7. The van der Waals surface area contributed by atoms with Crippen molar-refractivity contribution >= 4 is 74.6 Å². The van der Waals surface area contributed by atoms with Crippen molar-refractivity contribution in [3.05, 3.63) is 200 Å². The first-order valence-electron chi connectivity index (χ1n) is 19.9. The highest BCUT2D eigenvalue weighted by Crippen LogP contribution is 2.43. The SMILES string of the molecule is c1ccc2cc(-c3ccc(-c4nc(-c5ccc(-c6cc7ccccc7c7ccccc67)c6ccccc56)nc(-c5cccc6c5sc5ccccc56)n4)cc3)ccc2c1. The monoisotopic (exact) mass is 767 g/mol. The lowest BCUT2D eigenvalue weighted by molar-refractivity contribution is 1.08. The van der Waals surface area contributed by atoms with Crippen LogP contribution in [0.15, 0.2) is 200 Å². The van der Waals surface area contributed by atoms with E-state index in [1.165, 1.54) is 69.2 Å². The molecule has 2 aromatic heterocycles. The van der Waals surface area contributed by atoms with Crippen molar-refractivity contribution in [2.45, 2.75) is 0 Å². The van der Waals surface area contributed by atoms with Crippen LogP contribution in [0.2, 0.25) is 0 Å². The smallest absolute Gasteiger partial charge is 0.165 e. The molecule has 2 heterocycles. The average molecular weight is 768 g/mol. The topological polar surface area (TPSA) is 38.7 Å². The summed E-state index contributed by atoms with van der Waals surface area (Å²) in [6.45, 7) is 0. The zero-order valence-electron chi connectivity index (χ0n) is 31.8. The van der Waals surface area contributed by atoms with E-state index >= 15 is 0 Å². The van der Waals surface area contributed by atoms with Crippen LogP contribution in [0.4, 0.5) is 0 Å². The van der Waals surface area contributed by atoms with E-state index in [0.717, 1.165) is 33.0 Å². The molecule has 0 amide bonds. The summed E-state index contributed by atoms with van der Waals surface area (Å²) in [4.78, 5) is 15.9. The molecular weight excluding hydrogens is 735 g/mol. The third kappa shape index (κ3) is 5.60. The molecule has 0 N–H and O–H groups in total. The van der Waals surface area contributed by atoms with E-state index in [1.807, 2.05) is 0 Å². The van der Waals surface area contributed by atoms with Crippen LogP contribution in [-0.2, 0) is 0 Å². The fraction of sp³-hybridized carbons (Fsp3) is 0. The Bertz CT molecular complexity index is 3620. The summed E-state index contributed by atoms with van der Waals surface area (Å²) in [7, 11) is 0. The standard InChI is InChI=1S/C55H33N3S/c1-2-13-37-32-38(29-26-34(37)12-1)35-24-27-36(28-25-35)53-56-54(58-55(57-53)49-22-11-21-47-46-20-9-10-23-51(46)59-52(47)49)48-31-30-45(42-17-6-7-18-43(42)48)50-33-39-14-3-4-15-40(39)41-16-5-8-19-44(41)50/h1-33H. The van der Waals surface area contributed by atoms with Crippen LogP contribution >= 0.6 is 11.3 Å².